The van der Waals surface area contributed by atoms with E-state index in [1.807, 2.05) is 6.92 Å². The van der Waals surface area contributed by atoms with Gasteiger partial charge in [0.1, 0.15) is 12.2 Å². The molecule has 1 unspecified atom stereocenters. The van der Waals surface area contributed by atoms with Crippen molar-refractivity contribution < 1.29 is 4.79 Å². The molecular weight excluding hydrogens is 282 g/mol. The number of amides is 1. The minimum Gasteiger partial charge on any atom is -0.369 e. The Labute approximate surface area is 127 Å². The zero-order valence-corrected chi connectivity index (χ0v) is 12.2. The standard InChI is InChI=1S/C15H16N5O2/c1-9-10(14(16)22)3-2-6-20-13(21)7-12(19-15(9)20)11-4-5-17-8-18-11/h4-5,7-8,10H,2-3,6H2,1H3,(H2,16,22). The fourth-order valence-electron chi connectivity index (χ4n) is 2.78. The predicted octanol–water partition coefficient (Wildman–Crippen LogP) is 0.538. The molecule has 0 fully saturated rings. The third kappa shape index (κ3) is 2.49. The van der Waals surface area contributed by atoms with Gasteiger partial charge in [0, 0.05) is 18.8 Å². The maximum atomic E-state index is 12.4. The predicted molar refractivity (Wildman–Crippen MR) is 79.5 cm³/mol. The number of hydrogen-bond donors (Lipinski definition) is 1. The minimum absolute atomic E-state index is 0.150. The van der Waals surface area contributed by atoms with Crippen LogP contribution in [0.4, 0.5) is 0 Å². The summed E-state index contributed by atoms with van der Waals surface area (Å²) in [7, 11) is 0. The van der Waals surface area contributed by atoms with Crippen LogP contribution in [0.25, 0.3) is 11.4 Å². The van der Waals surface area contributed by atoms with Crippen LogP contribution in [0.5, 0.6) is 0 Å². The molecule has 7 heteroatoms. The third-order valence-corrected chi connectivity index (χ3v) is 3.95. The average molecular weight is 298 g/mol. The molecule has 1 aliphatic heterocycles. The molecule has 7 nitrogen and oxygen atoms in total. The molecule has 22 heavy (non-hydrogen) atoms. The van der Waals surface area contributed by atoms with Crippen molar-refractivity contribution in [3.05, 3.63) is 46.8 Å². The van der Waals surface area contributed by atoms with E-state index < -0.39 is 0 Å². The van der Waals surface area contributed by atoms with Crippen LogP contribution in [0.3, 0.4) is 0 Å². The molecule has 0 aliphatic carbocycles. The molecule has 2 aromatic rings. The van der Waals surface area contributed by atoms with Crippen molar-refractivity contribution in [1.82, 2.24) is 19.5 Å². The smallest absolute Gasteiger partial charge is 0.254 e. The number of nitrogens with zero attached hydrogens (tertiary/aromatic N) is 4. The Morgan fingerprint density at radius 3 is 2.91 bits per heavy atom. The summed E-state index contributed by atoms with van der Waals surface area (Å²) in [6, 6.07) is 3.15. The fourth-order valence-corrected chi connectivity index (χ4v) is 2.78. The maximum absolute atomic E-state index is 12.4. The van der Waals surface area contributed by atoms with Gasteiger partial charge in [-0.3, -0.25) is 14.2 Å². The third-order valence-electron chi connectivity index (χ3n) is 3.95. The Kier molecular flexibility index (Phi) is 3.70. The summed E-state index contributed by atoms with van der Waals surface area (Å²) < 4.78 is 1.60. The summed E-state index contributed by atoms with van der Waals surface area (Å²) >= 11 is 0. The van der Waals surface area contributed by atoms with Gasteiger partial charge in [-0.15, -0.1) is 0 Å². The molecule has 113 valence electrons. The van der Waals surface area contributed by atoms with Crippen molar-refractivity contribution in [1.29, 1.82) is 0 Å². The van der Waals surface area contributed by atoms with Crippen LogP contribution in [0.15, 0.2) is 29.5 Å². The topological polar surface area (TPSA) is 104 Å². The summed E-state index contributed by atoms with van der Waals surface area (Å²) in [6.45, 7) is 2.34. The Morgan fingerprint density at radius 1 is 1.41 bits per heavy atom. The molecule has 3 rings (SSSR count). The molecule has 0 saturated heterocycles. The first-order chi connectivity index (χ1) is 10.6. The molecule has 2 N–H and O–H groups in total. The first-order valence-corrected chi connectivity index (χ1v) is 7.09. The number of primary amides is 1. The van der Waals surface area contributed by atoms with Gasteiger partial charge in [0.05, 0.1) is 23.2 Å². The monoisotopic (exact) mass is 298 g/mol. The lowest BCUT2D eigenvalue weighted by atomic mass is 9.89. The van der Waals surface area contributed by atoms with E-state index in [1.165, 1.54) is 12.4 Å². The Hall–Kier alpha value is -2.57. The van der Waals surface area contributed by atoms with Crippen LogP contribution in [0.1, 0.15) is 25.6 Å². The Morgan fingerprint density at radius 2 is 2.23 bits per heavy atom. The fraction of sp³-hybridized carbons (Fsp3) is 0.333. The maximum Gasteiger partial charge on any atom is 0.254 e. The SMILES string of the molecule is C[C]1c2nc(-c3ccncn3)cc(=O)n2CCCC1C(N)=O. The van der Waals surface area contributed by atoms with Crippen molar-refractivity contribution in [2.24, 2.45) is 11.7 Å². The zero-order chi connectivity index (χ0) is 15.7. The largest absolute Gasteiger partial charge is 0.369 e. The highest BCUT2D eigenvalue weighted by molar-refractivity contribution is 5.79. The average Bonchev–Trinajstić information content (AvgIpc) is 2.68. The normalized spacial score (nSPS) is 18.5. The first kappa shape index (κ1) is 14.4. The van der Waals surface area contributed by atoms with Crippen LogP contribution in [0.2, 0.25) is 0 Å². The second-order valence-corrected chi connectivity index (χ2v) is 5.33. The van der Waals surface area contributed by atoms with E-state index in [-0.39, 0.29) is 17.4 Å². The molecule has 2 aromatic heterocycles. The van der Waals surface area contributed by atoms with Crippen LogP contribution in [-0.4, -0.2) is 25.4 Å². The molecule has 1 radical (unpaired) electrons. The van der Waals surface area contributed by atoms with Gasteiger partial charge in [-0.25, -0.2) is 15.0 Å². The molecule has 0 spiro atoms. The summed E-state index contributed by atoms with van der Waals surface area (Å²) in [5.41, 5.74) is 6.37. The van der Waals surface area contributed by atoms with Gasteiger partial charge in [-0.2, -0.15) is 0 Å². The number of fused-ring (bicyclic) bond motifs is 1. The van der Waals surface area contributed by atoms with Crippen LogP contribution in [-0.2, 0) is 11.3 Å². The van der Waals surface area contributed by atoms with Crippen LogP contribution >= 0.6 is 0 Å². The van der Waals surface area contributed by atoms with Gasteiger partial charge >= 0.3 is 0 Å². The summed E-state index contributed by atoms with van der Waals surface area (Å²) in [5.74, 6) is 0.481. The zero-order valence-electron chi connectivity index (χ0n) is 12.2. The number of carbonyl (C=O) groups is 1. The number of aromatic nitrogens is 4. The quantitative estimate of drug-likeness (QED) is 0.871. The molecule has 3 heterocycles. The number of nitrogens with two attached hydrogens (primary N) is 1. The van der Waals surface area contributed by atoms with Crippen LogP contribution < -0.4 is 11.3 Å². The summed E-state index contributed by atoms with van der Waals surface area (Å²) in [5, 5.41) is 0. The second-order valence-electron chi connectivity index (χ2n) is 5.33. The molecular formula is C15H16N5O2. The lowest BCUT2D eigenvalue weighted by Crippen LogP contribution is -2.30. The summed E-state index contributed by atoms with van der Waals surface area (Å²) in [6.07, 6.45) is 4.35. The van der Waals surface area contributed by atoms with E-state index in [1.54, 1.807) is 16.8 Å². The number of hydrogen-bond acceptors (Lipinski definition) is 5. The highest BCUT2D eigenvalue weighted by atomic mass is 16.1. The van der Waals surface area contributed by atoms with Gasteiger partial charge in [0.2, 0.25) is 5.91 Å². The van der Waals surface area contributed by atoms with Gasteiger partial charge in [-0.1, -0.05) is 6.92 Å². The molecule has 0 bridgehead atoms. The highest BCUT2D eigenvalue weighted by Crippen LogP contribution is 2.29. The van der Waals surface area contributed by atoms with Crippen molar-refractivity contribution >= 4 is 5.91 Å². The second kappa shape index (κ2) is 5.67. The van der Waals surface area contributed by atoms with E-state index in [4.69, 9.17) is 5.73 Å². The highest BCUT2D eigenvalue weighted by Gasteiger charge is 2.31. The van der Waals surface area contributed by atoms with Gasteiger partial charge < -0.3 is 5.73 Å². The molecule has 1 aliphatic rings. The van der Waals surface area contributed by atoms with E-state index >= 15 is 0 Å². The molecule has 0 aromatic carbocycles. The van der Waals surface area contributed by atoms with E-state index in [0.29, 0.717) is 36.6 Å². The van der Waals surface area contributed by atoms with Crippen molar-refractivity contribution in [2.45, 2.75) is 26.3 Å². The van der Waals surface area contributed by atoms with Crippen molar-refractivity contribution in [3.63, 3.8) is 0 Å². The molecule has 0 saturated carbocycles. The lowest BCUT2D eigenvalue weighted by Gasteiger charge is -2.18. The Balaban J connectivity index is 2.14. The number of rotatable bonds is 2. The van der Waals surface area contributed by atoms with Crippen molar-refractivity contribution in [3.8, 4) is 11.4 Å². The molecule has 1 amide bonds. The van der Waals surface area contributed by atoms with E-state index in [2.05, 4.69) is 15.0 Å². The Bertz CT molecular complexity index is 756. The van der Waals surface area contributed by atoms with Crippen LogP contribution in [0, 0.1) is 11.8 Å². The van der Waals surface area contributed by atoms with Gasteiger partial charge in [-0.05, 0) is 18.9 Å². The van der Waals surface area contributed by atoms with E-state index in [0.717, 1.165) is 5.92 Å². The van der Waals surface area contributed by atoms with E-state index in [9.17, 15) is 9.59 Å². The van der Waals surface area contributed by atoms with Gasteiger partial charge in [0.15, 0.2) is 0 Å². The molecule has 1 atom stereocenters. The lowest BCUT2D eigenvalue weighted by molar-refractivity contribution is -0.121. The first-order valence-electron chi connectivity index (χ1n) is 7.09. The summed E-state index contributed by atoms with van der Waals surface area (Å²) in [4.78, 5) is 36.5. The van der Waals surface area contributed by atoms with Crippen molar-refractivity contribution in [2.75, 3.05) is 0 Å². The van der Waals surface area contributed by atoms with Gasteiger partial charge in [0.25, 0.3) is 5.56 Å². The minimum atomic E-state index is -0.388. The number of carbonyl (C=O) groups excluding carboxylic acids is 1.